The summed E-state index contributed by atoms with van der Waals surface area (Å²) < 4.78 is 17.9. The topological polar surface area (TPSA) is 116 Å². The average Bonchev–Trinajstić information content (AvgIpc) is 3.75. The molecule has 2 N–H and O–H groups in total. The lowest BCUT2D eigenvalue weighted by atomic mass is 9.88. The molecule has 3 aliphatic rings. The van der Waals surface area contributed by atoms with Crippen LogP contribution in [0.3, 0.4) is 0 Å². The van der Waals surface area contributed by atoms with Crippen molar-refractivity contribution >= 4 is 17.6 Å². The van der Waals surface area contributed by atoms with Crippen LogP contribution in [0.2, 0.25) is 0 Å². The predicted molar refractivity (Wildman–Crippen MR) is 147 cm³/mol. The number of aromatic nitrogens is 4. The first kappa shape index (κ1) is 26.4. The molecule has 0 bridgehead atoms. The molecule has 1 atom stereocenters. The van der Waals surface area contributed by atoms with Gasteiger partial charge in [0, 0.05) is 29.3 Å². The lowest BCUT2D eigenvalue weighted by Crippen LogP contribution is -2.50. The van der Waals surface area contributed by atoms with Crippen LogP contribution in [0.25, 0.3) is 11.1 Å². The second kappa shape index (κ2) is 10.3. The van der Waals surface area contributed by atoms with E-state index < -0.39 is 17.9 Å². The zero-order chi connectivity index (χ0) is 28.1. The second-order valence-electron chi connectivity index (χ2n) is 11.9. The molecule has 10 heteroatoms. The molecule has 0 spiro atoms. The van der Waals surface area contributed by atoms with Gasteiger partial charge in [-0.05, 0) is 101 Å². The molecule has 3 heterocycles. The lowest BCUT2D eigenvalue weighted by molar-refractivity contribution is -0.614. The van der Waals surface area contributed by atoms with E-state index >= 15 is 4.39 Å². The summed E-state index contributed by atoms with van der Waals surface area (Å²) in [5, 5.41) is 22.6. The quantitative estimate of drug-likeness (QED) is 0.218. The fourth-order valence-corrected chi connectivity index (χ4v) is 5.94. The molecule has 0 aromatic carbocycles. The van der Waals surface area contributed by atoms with E-state index in [2.05, 4.69) is 20.7 Å². The Morgan fingerprint density at radius 1 is 1.07 bits per heavy atom. The summed E-state index contributed by atoms with van der Waals surface area (Å²) in [4.78, 5) is 31.1. The Bertz CT molecular complexity index is 1450. The molecule has 210 valence electrons. The van der Waals surface area contributed by atoms with Gasteiger partial charge in [-0.15, -0.1) is 0 Å². The molecule has 3 saturated carbocycles. The van der Waals surface area contributed by atoms with Gasteiger partial charge < -0.3 is 15.8 Å². The first-order valence-electron chi connectivity index (χ1n) is 14.3. The number of anilines is 1. The van der Waals surface area contributed by atoms with Gasteiger partial charge in [-0.3, -0.25) is 14.3 Å². The number of nitrogens with one attached hydrogen (secondary N) is 2. The Morgan fingerprint density at radius 3 is 2.38 bits per heavy atom. The van der Waals surface area contributed by atoms with E-state index in [0.717, 1.165) is 48.8 Å². The molecule has 0 saturated heterocycles. The van der Waals surface area contributed by atoms with Gasteiger partial charge in [-0.1, -0.05) is 0 Å². The average molecular weight is 547 g/mol. The fourth-order valence-electron chi connectivity index (χ4n) is 5.94. The second-order valence-corrected chi connectivity index (χ2v) is 11.9. The van der Waals surface area contributed by atoms with E-state index in [1.807, 2.05) is 19.9 Å². The van der Waals surface area contributed by atoms with E-state index in [4.69, 9.17) is 0 Å². The number of carbonyl (C=O) groups is 2. The Balaban J connectivity index is 1.26. The van der Waals surface area contributed by atoms with Gasteiger partial charge in [0.05, 0.1) is 5.56 Å². The molecule has 6 rings (SSSR count). The first-order chi connectivity index (χ1) is 19.2. The minimum absolute atomic E-state index is 0.0127. The van der Waals surface area contributed by atoms with Crippen molar-refractivity contribution in [1.82, 2.24) is 20.1 Å². The minimum atomic E-state index is -0.773. The maximum Gasteiger partial charge on any atom is 0.270 e. The van der Waals surface area contributed by atoms with E-state index in [-0.39, 0.29) is 35.2 Å². The number of pyridine rings is 2. The molecule has 3 aromatic rings. The number of carbonyl (C=O) groups excluding carboxylic acids is 2. The maximum atomic E-state index is 15.4. The standard InChI is InChI=1S/C30H35FN6O3/c1-16(2)37-23(12-13-32-37)29(38)35-26(25(18-4-5-18)19-6-7-19)30(39)34-24-11-10-21(28(31)33-24)22-14-17(3)15-36(40)27(22)20-8-9-20/h10-16,18-20,25-26H,4-9H2,1-3H3,(H,35,38)(H,33,34,39)/t26-/m0/s1. The number of hydrogen-bond acceptors (Lipinski definition) is 5. The third-order valence-electron chi connectivity index (χ3n) is 8.24. The Morgan fingerprint density at radius 2 is 1.77 bits per heavy atom. The molecule has 0 unspecified atom stereocenters. The van der Waals surface area contributed by atoms with Crippen molar-refractivity contribution in [2.45, 2.75) is 77.3 Å². The third-order valence-corrected chi connectivity index (χ3v) is 8.24. The summed E-state index contributed by atoms with van der Waals surface area (Å²) in [6.45, 7) is 5.68. The highest BCUT2D eigenvalue weighted by molar-refractivity contribution is 6.00. The van der Waals surface area contributed by atoms with E-state index in [0.29, 0.717) is 28.8 Å². The summed E-state index contributed by atoms with van der Waals surface area (Å²) in [7, 11) is 0. The molecular formula is C30H35FN6O3. The summed E-state index contributed by atoms with van der Waals surface area (Å²) in [5.41, 5.74) is 2.45. The number of halogens is 1. The van der Waals surface area contributed by atoms with Gasteiger partial charge in [0.15, 0.2) is 6.20 Å². The molecule has 3 aliphatic carbocycles. The van der Waals surface area contributed by atoms with Crippen molar-refractivity contribution in [2.75, 3.05) is 5.32 Å². The molecular weight excluding hydrogens is 511 g/mol. The van der Waals surface area contributed by atoms with E-state index in [1.165, 1.54) is 6.20 Å². The van der Waals surface area contributed by atoms with Crippen molar-refractivity contribution in [1.29, 1.82) is 0 Å². The summed E-state index contributed by atoms with van der Waals surface area (Å²) >= 11 is 0. The van der Waals surface area contributed by atoms with Crippen LogP contribution in [-0.2, 0) is 4.79 Å². The van der Waals surface area contributed by atoms with Crippen molar-refractivity contribution in [2.24, 2.45) is 17.8 Å². The van der Waals surface area contributed by atoms with Crippen LogP contribution in [0.1, 0.15) is 86.1 Å². The highest BCUT2D eigenvalue weighted by Gasteiger charge is 2.48. The third kappa shape index (κ3) is 5.31. The van der Waals surface area contributed by atoms with E-state index in [1.54, 1.807) is 36.0 Å². The smallest absolute Gasteiger partial charge is 0.270 e. The van der Waals surface area contributed by atoms with Crippen LogP contribution < -0.4 is 15.4 Å². The summed E-state index contributed by atoms with van der Waals surface area (Å²) in [6.07, 6.45) is 9.02. The zero-order valence-corrected chi connectivity index (χ0v) is 23.1. The Hall–Kier alpha value is -3.82. The lowest BCUT2D eigenvalue weighted by Gasteiger charge is -2.27. The molecule has 3 aromatic heterocycles. The molecule has 2 amide bonds. The number of amides is 2. The first-order valence-corrected chi connectivity index (χ1v) is 14.3. The van der Waals surface area contributed by atoms with Crippen LogP contribution >= 0.6 is 0 Å². The van der Waals surface area contributed by atoms with Crippen LogP contribution in [0.15, 0.2) is 36.7 Å². The zero-order valence-electron chi connectivity index (χ0n) is 23.1. The summed E-state index contributed by atoms with van der Waals surface area (Å²) in [5.74, 6) is -0.553. The highest BCUT2D eigenvalue weighted by Crippen LogP contribution is 2.51. The van der Waals surface area contributed by atoms with Crippen LogP contribution in [0.5, 0.6) is 0 Å². The van der Waals surface area contributed by atoms with Gasteiger partial charge >= 0.3 is 0 Å². The number of nitrogens with zero attached hydrogens (tertiary/aromatic N) is 4. The monoisotopic (exact) mass is 546 g/mol. The van der Waals surface area contributed by atoms with Gasteiger partial charge in [0.1, 0.15) is 17.6 Å². The molecule has 9 nitrogen and oxygen atoms in total. The number of aryl methyl sites for hydroxylation is 1. The molecule has 40 heavy (non-hydrogen) atoms. The predicted octanol–water partition coefficient (Wildman–Crippen LogP) is 4.66. The number of hydrogen-bond donors (Lipinski definition) is 2. The van der Waals surface area contributed by atoms with Gasteiger partial charge in [-0.2, -0.15) is 14.2 Å². The normalized spacial score (nSPS) is 17.8. The van der Waals surface area contributed by atoms with Crippen molar-refractivity contribution in [3.63, 3.8) is 0 Å². The minimum Gasteiger partial charge on any atom is -0.618 e. The molecule has 3 fully saturated rings. The molecule has 0 radical (unpaired) electrons. The Kier molecular flexibility index (Phi) is 6.80. The van der Waals surface area contributed by atoms with Gasteiger partial charge in [-0.25, -0.2) is 4.98 Å². The van der Waals surface area contributed by atoms with Gasteiger partial charge in [0.25, 0.3) is 5.91 Å². The van der Waals surface area contributed by atoms with Crippen molar-refractivity contribution < 1.29 is 18.7 Å². The SMILES string of the molecule is Cc1cc(-c2ccc(NC(=O)[C@@H](NC(=O)c3ccnn3C(C)C)C(C3CC3)C3CC3)nc2F)c(C2CC2)[n+]([O-])c1. The van der Waals surface area contributed by atoms with Crippen molar-refractivity contribution in [3.05, 3.63) is 64.8 Å². The number of rotatable bonds is 10. The molecule has 0 aliphatic heterocycles. The van der Waals surface area contributed by atoms with Crippen LogP contribution in [-0.4, -0.2) is 32.6 Å². The van der Waals surface area contributed by atoms with Crippen molar-refractivity contribution in [3.8, 4) is 11.1 Å². The largest absolute Gasteiger partial charge is 0.618 e. The van der Waals surface area contributed by atoms with Crippen LogP contribution in [0.4, 0.5) is 10.2 Å². The maximum absolute atomic E-state index is 15.4. The van der Waals surface area contributed by atoms with Gasteiger partial charge in [0.2, 0.25) is 17.5 Å². The summed E-state index contributed by atoms with van der Waals surface area (Å²) in [6, 6.07) is 5.79. The Labute approximate surface area is 232 Å². The fraction of sp³-hybridized carbons (Fsp3) is 0.500. The highest BCUT2D eigenvalue weighted by atomic mass is 19.1. The van der Waals surface area contributed by atoms with E-state index in [9.17, 15) is 14.8 Å². The van der Waals surface area contributed by atoms with Crippen LogP contribution in [0, 0.1) is 35.8 Å².